The molecule has 0 aliphatic carbocycles. The van der Waals surface area contributed by atoms with Crippen LogP contribution in [0.15, 0.2) is 58.1 Å². The summed E-state index contributed by atoms with van der Waals surface area (Å²) < 4.78 is 7.69. The lowest BCUT2D eigenvalue weighted by atomic mass is 10.2. The molecule has 0 aliphatic heterocycles. The third-order valence-electron chi connectivity index (χ3n) is 5.63. The molecule has 0 atom stereocenters. The highest BCUT2D eigenvalue weighted by Gasteiger charge is 2.25. The molecular formula is C26H25ClN4O5S. The Labute approximate surface area is 221 Å². The molecule has 4 aromatic rings. The van der Waals surface area contributed by atoms with Crippen LogP contribution in [0.3, 0.4) is 0 Å². The lowest BCUT2D eigenvalue weighted by Crippen LogP contribution is -2.40. The number of rotatable bonds is 7. The molecule has 2 aromatic heterocycles. The summed E-state index contributed by atoms with van der Waals surface area (Å²) in [5.74, 6) is -0.200. The highest BCUT2D eigenvalue weighted by atomic mass is 35.5. The Kier molecular flexibility index (Phi) is 7.51. The highest BCUT2D eigenvalue weighted by Crippen LogP contribution is 2.29. The fourth-order valence-corrected chi connectivity index (χ4v) is 5.39. The first-order chi connectivity index (χ1) is 17.6. The van der Waals surface area contributed by atoms with Crippen LogP contribution in [0.25, 0.3) is 15.9 Å². The molecule has 192 valence electrons. The number of carbonyl (C=O) groups excluding carboxylic acids is 2. The number of halogens is 1. The minimum absolute atomic E-state index is 0.208. The summed E-state index contributed by atoms with van der Waals surface area (Å²) in [4.78, 5) is 55.1. The van der Waals surface area contributed by atoms with Gasteiger partial charge in [-0.25, -0.2) is 9.36 Å². The van der Waals surface area contributed by atoms with E-state index in [2.05, 4.69) is 5.32 Å². The maximum atomic E-state index is 13.7. The van der Waals surface area contributed by atoms with Gasteiger partial charge in [-0.1, -0.05) is 17.7 Å². The van der Waals surface area contributed by atoms with Gasteiger partial charge in [0.05, 0.1) is 22.6 Å². The first-order valence-corrected chi connectivity index (χ1v) is 12.6. The van der Waals surface area contributed by atoms with Crippen molar-refractivity contribution in [3.05, 3.63) is 84.8 Å². The maximum Gasteiger partial charge on any atom is 0.337 e. The van der Waals surface area contributed by atoms with Crippen molar-refractivity contribution in [1.29, 1.82) is 0 Å². The van der Waals surface area contributed by atoms with Crippen molar-refractivity contribution in [2.75, 3.05) is 26.0 Å². The van der Waals surface area contributed by atoms with Crippen molar-refractivity contribution in [2.24, 2.45) is 0 Å². The van der Waals surface area contributed by atoms with Crippen LogP contribution in [0, 0.1) is 6.92 Å². The van der Waals surface area contributed by atoms with E-state index < -0.39 is 17.2 Å². The number of anilines is 1. The van der Waals surface area contributed by atoms with E-state index in [4.69, 9.17) is 16.3 Å². The average molecular weight is 541 g/mol. The highest BCUT2D eigenvalue weighted by molar-refractivity contribution is 7.20. The van der Waals surface area contributed by atoms with E-state index in [0.29, 0.717) is 39.2 Å². The van der Waals surface area contributed by atoms with E-state index in [-0.39, 0.29) is 22.7 Å². The number of aromatic nitrogens is 2. The zero-order chi connectivity index (χ0) is 26.9. The zero-order valence-electron chi connectivity index (χ0n) is 20.7. The largest absolute Gasteiger partial charge is 0.494 e. The third kappa shape index (κ3) is 5.16. The van der Waals surface area contributed by atoms with Crippen molar-refractivity contribution in [1.82, 2.24) is 14.0 Å². The van der Waals surface area contributed by atoms with Gasteiger partial charge in [-0.15, -0.1) is 11.3 Å². The summed E-state index contributed by atoms with van der Waals surface area (Å²) >= 11 is 7.03. The number of hydrogen-bond acceptors (Lipinski definition) is 6. The molecular weight excluding hydrogens is 516 g/mol. The minimum Gasteiger partial charge on any atom is -0.494 e. The summed E-state index contributed by atoms with van der Waals surface area (Å²) in [6.07, 6.45) is 0. The van der Waals surface area contributed by atoms with E-state index in [1.807, 2.05) is 6.92 Å². The van der Waals surface area contributed by atoms with Gasteiger partial charge >= 0.3 is 5.69 Å². The molecule has 0 saturated heterocycles. The Morgan fingerprint density at radius 3 is 2.43 bits per heavy atom. The lowest BCUT2D eigenvalue weighted by Gasteiger charge is -2.13. The first-order valence-electron chi connectivity index (χ1n) is 11.4. The molecule has 0 spiro atoms. The van der Waals surface area contributed by atoms with Gasteiger partial charge in [0.2, 0.25) is 5.91 Å². The van der Waals surface area contributed by atoms with Crippen LogP contribution in [-0.2, 0) is 11.3 Å². The van der Waals surface area contributed by atoms with Crippen LogP contribution in [0.2, 0.25) is 5.02 Å². The predicted octanol–water partition coefficient (Wildman–Crippen LogP) is 3.91. The Bertz CT molecular complexity index is 1620. The molecule has 2 aromatic carbocycles. The second-order valence-electron chi connectivity index (χ2n) is 8.43. The van der Waals surface area contributed by atoms with Crippen LogP contribution >= 0.6 is 22.9 Å². The van der Waals surface area contributed by atoms with Crippen LogP contribution in [0.4, 0.5) is 5.69 Å². The number of ether oxygens (including phenoxy) is 1. The molecule has 37 heavy (non-hydrogen) atoms. The third-order valence-corrected chi connectivity index (χ3v) is 7.17. The fourth-order valence-electron chi connectivity index (χ4n) is 3.89. The standard InChI is InChI=1S/C26H25ClN4O5S/c1-5-36-19-11-9-18(10-12-19)31-23(33)21-15(2)22(24(34)29(3)4)37-25(21)30(26(31)35)14-20(32)28-17-8-6-7-16(27)13-17/h6-13H,5,14H2,1-4H3,(H,28,32). The van der Waals surface area contributed by atoms with Gasteiger partial charge in [0.25, 0.3) is 11.5 Å². The minimum atomic E-state index is -0.701. The van der Waals surface area contributed by atoms with Gasteiger partial charge < -0.3 is 15.0 Å². The van der Waals surface area contributed by atoms with Crippen LogP contribution < -0.4 is 21.3 Å². The van der Waals surface area contributed by atoms with E-state index >= 15 is 0 Å². The summed E-state index contributed by atoms with van der Waals surface area (Å²) in [7, 11) is 3.21. The molecule has 0 unspecified atom stereocenters. The normalized spacial score (nSPS) is 10.9. The second kappa shape index (κ2) is 10.6. The zero-order valence-corrected chi connectivity index (χ0v) is 22.3. The van der Waals surface area contributed by atoms with Gasteiger partial charge in [0, 0.05) is 24.8 Å². The molecule has 0 radical (unpaired) electrons. The number of nitrogens with one attached hydrogen (secondary N) is 1. The van der Waals surface area contributed by atoms with Gasteiger partial charge in [-0.05, 0) is 61.9 Å². The first kappa shape index (κ1) is 26.2. The Morgan fingerprint density at radius 2 is 1.81 bits per heavy atom. The molecule has 1 N–H and O–H groups in total. The molecule has 0 aliphatic rings. The van der Waals surface area contributed by atoms with E-state index in [0.717, 1.165) is 15.9 Å². The quantitative estimate of drug-likeness (QED) is 0.383. The van der Waals surface area contributed by atoms with E-state index in [1.54, 1.807) is 69.6 Å². The van der Waals surface area contributed by atoms with Crippen molar-refractivity contribution in [3.8, 4) is 11.4 Å². The Hall–Kier alpha value is -3.89. The maximum absolute atomic E-state index is 13.7. The van der Waals surface area contributed by atoms with Gasteiger partial charge in [0.1, 0.15) is 17.1 Å². The van der Waals surface area contributed by atoms with Gasteiger partial charge in [-0.2, -0.15) is 0 Å². The number of fused-ring (bicyclic) bond motifs is 1. The number of hydrogen-bond donors (Lipinski definition) is 1. The molecule has 9 nitrogen and oxygen atoms in total. The van der Waals surface area contributed by atoms with Crippen molar-refractivity contribution < 1.29 is 14.3 Å². The fraction of sp³-hybridized carbons (Fsp3) is 0.231. The SMILES string of the molecule is CCOc1ccc(-n2c(=O)c3c(C)c(C(=O)N(C)C)sc3n(CC(=O)Nc3cccc(Cl)c3)c2=O)cc1. The van der Waals surface area contributed by atoms with E-state index in [9.17, 15) is 19.2 Å². The monoisotopic (exact) mass is 540 g/mol. The number of thiophene rings is 1. The molecule has 0 saturated carbocycles. The number of aryl methyl sites for hydroxylation is 1. The van der Waals surface area contributed by atoms with Gasteiger partial charge in [0.15, 0.2) is 0 Å². The summed E-state index contributed by atoms with van der Waals surface area (Å²) in [6, 6.07) is 13.1. The summed E-state index contributed by atoms with van der Waals surface area (Å²) in [6.45, 7) is 3.61. The van der Waals surface area contributed by atoms with Gasteiger partial charge in [-0.3, -0.25) is 19.0 Å². The molecule has 2 heterocycles. The number of benzene rings is 2. The Morgan fingerprint density at radius 1 is 1.11 bits per heavy atom. The molecule has 0 bridgehead atoms. The summed E-state index contributed by atoms with van der Waals surface area (Å²) in [5.41, 5.74) is -0.0366. The number of carbonyl (C=O) groups is 2. The Balaban J connectivity index is 1.90. The number of nitrogens with zero attached hydrogens (tertiary/aromatic N) is 3. The second-order valence-corrected chi connectivity index (χ2v) is 9.87. The molecule has 2 amide bonds. The van der Waals surface area contributed by atoms with E-state index in [1.165, 1.54) is 9.47 Å². The van der Waals surface area contributed by atoms with Crippen molar-refractivity contribution in [2.45, 2.75) is 20.4 Å². The number of amides is 2. The molecule has 0 fully saturated rings. The smallest absolute Gasteiger partial charge is 0.337 e. The van der Waals surface area contributed by atoms with Crippen LogP contribution in [0.1, 0.15) is 22.2 Å². The molecule has 4 rings (SSSR count). The topological polar surface area (TPSA) is 103 Å². The van der Waals surface area contributed by atoms with Crippen LogP contribution in [0.5, 0.6) is 5.75 Å². The van der Waals surface area contributed by atoms with Crippen molar-refractivity contribution >= 4 is 50.7 Å². The lowest BCUT2D eigenvalue weighted by molar-refractivity contribution is -0.116. The van der Waals surface area contributed by atoms with Crippen LogP contribution in [-0.4, -0.2) is 46.6 Å². The average Bonchev–Trinajstić information content (AvgIpc) is 3.19. The predicted molar refractivity (Wildman–Crippen MR) is 146 cm³/mol. The summed E-state index contributed by atoms with van der Waals surface area (Å²) in [5, 5.41) is 3.38. The van der Waals surface area contributed by atoms with Crippen molar-refractivity contribution in [3.63, 3.8) is 0 Å². The molecule has 11 heteroatoms.